The van der Waals surface area contributed by atoms with Crippen LogP contribution in [0.2, 0.25) is 0 Å². The van der Waals surface area contributed by atoms with Crippen molar-refractivity contribution >= 4 is 26.7 Å². The number of hydrogen-bond donors (Lipinski definition) is 0. The lowest BCUT2D eigenvalue weighted by atomic mass is 10.1. The summed E-state index contributed by atoms with van der Waals surface area (Å²) in [4.78, 5) is 14.7. The summed E-state index contributed by atoms with van der Waals surface area (Å²) in [6.45, 7) is 0.823. The molecule has 0 unspecified atom stereocenters. The number of fused-ring (bicyclic) bond motifs is 1. The van der Waals surface area contributed by atoms with Gasteiger partial charge in [0.05, 0.1) is 23.7 Å². The summed E-state index contributed by atoms with van der Waals surface area (Å²) < 4.78 is 36.1. The summed E-state index contributed by atoms with van der Waals surface area (Å²) >= 11 is 0. The van der Waals surface area contributed by atoms with Gasteiger partial charge in [-0.25, -0.2) is 8.42 Å². The van der Waals surface area contributed by atoms with E-state index >= 15 is 0 Å². The number of para-hydroxylation sites is 1. The Morgan fingerprint density at radius 3 is 2.52 bits per heavy atom. The molecule has 1 saturated heterocycles. The van der Waals surface area contributed by atoms with Crippen LogP contribution >= 0.6 is 0 Å². The van der Waals surface area contributed by atoms with Crippen LogP contribution in [0, 0.1) is 0 Å². The van der Waals surface area contributed by atoms with Crippen molar-refractivity contribution in [1.29, 1.82) is 0 Å². The van der Waals surface area contributed by atoms with Gasteiger partial charge in [-0.05, 0) is 49.2 Å². The van der Waals surface area contributed by atoms with Crippen LogP contribution in [0.4, 0.5) is 0 Å². The number of hydrogen-bond acceptors (Lipinski definition) is 6. The predicted molar refractivity (Wildman–Crippen MR) is 107 cm³/mol. The molecule has 1 aromatic heterocycles. The minimum atomic E-state index is -3.44. The number of benzene rings is 2. The van der Waals surface area contributed by atoms with Crippen LogP contribution in [0.5, 0.6) is 5.75 Å². The third kappa shape index (κ3) is 3.85. The molecule has 2 aromatic carbocycles. The van der Waals surface area contributed by atoms with Crippen molar-refractivity contribution in [2.24, 2.45) is 0 Å². The molecule has 8 heteroatoms. The highest BCUT2D eigenvalue weighted by Gasteiger charge is 2.33. The zero-order valence-electron chi connectivity index (χ0n) is 16.1. The molecule has 2 heterocycles. The van der Waals surface area contributed by atoms with Crippen LogP contribution in [-0.4, -0.2) is 49.8 Å². The Hall–Kier alpha value is -2.87. The van der Waals surface area contributed by atoms with Crippen LogP contribution in [-0.2, 0) is 21.1 Å². The SMILES string of the molecule is COc1ccc(S(=O)(=O)C2CCN(C(=O)Cc3noc4ccccc34)CC2)cc1. The van der Waals surface area contributed by atoms with Gasteiger partial charge in [-0.2, -0.15) is 0 Å². The molecule has 3 aromatic rings. The number of carbonyl (C=O) groups excluding carboxylic acids is 1. The highest BCUT2D eigenvalue weighted by Crippen LogP contribution is 2.27. The van der Waals surface area contributed by atoms with E-state index < -0.39 is 15.1 Å². The Labute approximate surface area is 169 Å². The molecular weight excluding hydrogens is 392 g/mol. The van der Waals surface area contributed by atoms with E-state index in [1.54, 1.807) is 29.2 Å². The fourth-order valence-electron chi connectivity index (χ4n) is 3.69. The second-order valence-electron chi connectivity index (χ2n) is 7.10. The van der Waals surface area contributed by atoms with Gasteiger partial charge in [-0.1, -0.05) is 17.3 Å². The zero-order valence-corrected chi connectivity index (χ0v) is 16.9. The maximum Gasteiger partial charge on any atom is 0.228 e. The van der Waals surface area contributed by atoms with Crippen LogP contribution < -0.4 is 4.74 Å². The average molecular weight is 414 g/mol. The number of methoxy groups -OCH3 is 1. The molecule has 0 atom stereocenters. The first-order valence-electron chi connectivity index (χ1n) is 9.48. The molecule has 29 heavy (non-hydrogen) atoms. The van der Waals surface area contributed by atoms with Gasteiger partial charge in [0.2, 0.25) is 5.91 Å². The highest BCUT2D eigenvalue weighted by molar-refractivity contribution is 7.92. The van der Waals surface area contributed by atoms with Gasteiger partial charge >= 0.3 is 0 Å². The standard InChI is InChI=1S/C21H22N2O5S/c1-27-15-6-8-16(9-7-15)29(25,26)17-10-12-23(13-11-17)21(24)14-19-18-4-2-3-5-20(18)28-22-19/h2-9,17H,10-14H2,1H3. The van der Waals surface area contributed by atoms with E-state index in [0.29, 0.717) is 43.0 Å². The van der Waals surface area contributed by atoms with E-state index in [1.165, 1.54) is 7.11 Å². The van der Waals surface area contributed by atoms with Gasteiger partial charge in [-0.3, -0.25) is 4.79 Å². The smallest absolute Gasteiger partial charge is 0.228 e. The van der Waals surface area contributed by atoms with Crippen molar-refractivity contribution in [3.05, 3.63) is 54.2 Å². The van der Waals surface area contributed by atoms with E-state index in [2.05, 4.69) is 5.16 Å². The summed E-state index contributed by atoms with van der Waals surface area (Å²) in [6.07, 6.45) is 0.978. The summed E-state index contributed by atoms with van der Waals surface area (Å²) in [5.41, 5.74) is 1.26. The third-order valence-electron chi connectivity index (χ3n) is 5.39. The van der Waals surface area contributed by atoms with Gasteiger partial charge < -0.3 is 14.2 Å². The quantitative estimate of drug-likeness (QED) is 0.638. The Balaban J connectivity index is 1.40. The van der Waals surface area contributed by atoms with Crippen molar-refractivity contribution in [1.82, 2.24) is 10.1 Å². The van der Waals surface area contributed by atoms with Gasteiger partial charge in [-0.15, -0.1) is 0 Å². The monoisotopic (exact) mass is 414 g/mol. The summed E-state index contributed by atoms with van der Waals surface area (Å²) in [7, 11) is -1.90. The first kappa shape index (κ1) is 19.4. The number of carbonyl (C=O) groups is 1. The fraction of sp³-hybridized carbons (Fsp3) is 0.333. The number of sulfone groups is 1. The Morgan fingerprint density at radius 2 is 1.83 bits per heavy atom. The maximum absolute atomic E-state index is 12.9. The van der Waals surface area contributed by atoms with Crippen molar-refractivity contribution in [3.8, 4) is 5.75 Å². The normalized spacial score (nSPS) is 15.6. The molecule has 1 fully saturated rings. The van der Waals surface area contributed by atoms with Crippen LogP contribution in [0.25, 0.3) is 11.0 Å². The molecule has 1 amide bonds. The van der Waals surface area contributed by atoms with Crippen LogP contribution in [0.3, 0.4) is 0 Å². The molecular formula is C21H22N2O5S. The molecule has 0 N–H and O–H groups in total. The minimum Gasteiger partial charge on any atom is -0.497 e. The van der Waals surface area contributed by atoms with Crippen LogP contribution in [0.1, 0.15) is 18.5 Å². The molecule has 0 aliphatic carbocycles. The van der Waals surface area contributed by atoms with E-state index in [4.69, 9.17) is 9.26 Å². The number of amides is 1. The highest BCUT2D eigenvalue weighted by atomic mass is 32.2. The minimum absolute atomic E-state index is 0.0654. The largest absolute Gasteiger partial charge is 0.497 e. The number of aromatic nitrogens is 1. The second kappa shape index (κ2) is 7.87. The van der Waals surface area contributed by atoms with Gasteiger partial charge in [0.25, 0.3) is 0 Å². The fourth-order valence-corrected chi connectivity index (χ4v) is 5.43. The molecule has 0 bridgehead atoms. The number of likely N-dealkylation sites (tertiary alicyclic amines) is 1. The van der Waals surface area contributed by atoms with E-state index in [-0.39, 0.29) is 17.2 Å². The molecule has 1 aliphatic rings. The first-order valence-corrected chi connectivity index (χ1v) is 11.0. The summed E-state index contributed by atoms with van der Waals surface area (Å²) in [5, 5.41) is 4.35. The van der Waals surface area contributed by atoms with E-state index in [0.717, 1.165) is 5.39 Å². The molecule has 152 valence electrons. The Morgan fingerprint density at radius 1 is 1.14 bits per heavy atom. The molecule has 4 rings (SSSR count). The second-order valence-corrected chi connectivity index (χ2v) is 9.33. The first-order chi connectivity index (χ1) is 14.0. The number of nitrogens with zero attached hydrogens (tertiary/aromatic N) is 2. The Kier molecular flexibility index (Phi) is 5.27. The van der Waals surface area contributed by atoms with Crippen molar-refractivity contribution in [3.63, 3.8) is 0 Å². The maximum atomic E-state index is 12.9. The Bertz CT molecular complexity index is 1110. The summed E-state index contributed by atoms with van der Waals surface area (Å²) in [5.74, 6) is 0.550. The molecule has 0 radical (unpaired) electrons. The topological polar surface area (TPSA) is 89.7 Å². The van der Waals surface area contributed by atoms with E-state index in [1.807, 2.05) is 24.3 Å². The zero-order chi connectivity index (χ0) is 20.4. The predicted octanol–water partition coefficient (Wildman–Crippen LogP) is 2.84. The average Bonchev–Trinajstić information content (AvgIpc) is 3.16. The number of rotatable bonds is 5. The molecule has 0 saturated carbocycles. The molecule has 7 nitrogen and oxygen atoms in total. The number of ether oxygens (including phenoxy) is 1. The van der Waals surface area contributed by atoms with Gasteiger partial charge in [0, 0.05) is 18.5 Å². The van der Waals surface area contributed by atoms with E-state index in [9.17, 15) is 13.2 Å². The van der Waals surface area contributed by atoms with Gasteiger partial charge in [0.1, 0.15) is 11.4 Å². The molecule has 1 aliphatic heterocycles. The lowest BCUT2D eigenvalue weighted by Gasteiger charge is -2.31. The van der Waals surface area contributed by atoms with Crippen molar-refractivity contribution in [2.75, 3.05) is 20.2 Å². The summed E-state index contributed by atoms with van der Waals surface area (Å²) in [6, 6.07) is 13.9. The lowest BCUT2D eigenvalue weighted by molar-refractivity contribution is -0.131. The van der Waals surface area contributed by atoms with Crippen molar-refractivity contribution < 1.29 is 22.5 Å². The lowest BCUT2D eigenvalue weighted by Crippen LogP contribution is -2.43. The third-order valence-corrected chi connectivity index (χ3v) is 7.67. The number of piperidine rings is 1. The van der Waals surface area contributed by atoms with Gasteiger partial charge in [0.15, 0.2) is 15.4 Å². The molecule has 0 spiro atoms. The van der Waals surface area contributed by atoms with Crippen LogP contribution in [0.15, 0.2) is 57.9 Å². The van der Waals surface area contributed by atoms with Crippen molar-refractivity contribution in [2.45, 2.75) is 29.4 Å².